The summed E-state index contributed by atoms with van der Waals surface area (Å²) in [6.45, 7) is 2.95. The van der Waals surface area contributed by atoms with Crippen LogP contribution in [0, 0.1) is 5.82 Å². The first kappa shape index (κ1) is 16.5. The molecule has 4 nitrogen and oxygen atoms in total. The number of amides is 1. The van der Waals surface area contributed by atoms with E-state index in [1.807, 2.05) is 25.1 Å². The smallest absolute Gasteiger partial charge is 0.251 e. The fourth-order valence-electron chi connectivity index (χ4n) is 2.80. The number of anilines is 1. The van der Waals surface area contributed by atoms with Gasteiger partial charge in [0.25, 0.3) is 5.91 Å². The fraction of sp³-hybridized carbons (Fsp3) is 0.316. The van der Waals surface area contributed by atoms with Gasteiger partial charge in [0.1, 0.15) is 5.82 Å². The first-order valence-electron chi connectivity index (χ1n) is 8.13. The highest BCUT2D eigenvalue weighted by molar-refractivity contribution is 5.95. The largest absolute Gasteiger partial charge is 0.380 e. The topological polar surface area (TPSA) is 50.4 Å². The van der Waals surface area contributed by atoms with Crippen molar-refractivity contribution in [1.29, 1.82) is 0 Å². The zero-order valence-corrected chi connectivity index (χ0v) is 13.6. The molecule has 2 aromatic carbocycles. The molecule has 1 aliphatic rings. The molecule has 2 atom stereocenters. The average molecular weight is 328 g/mol. The maximum absolute atomic E-state index is 13.6. The number of benzene rings is 2. The fourth-order valence-corrected chi connectivity index (χ4v) is 2.80. The maximum Gasteiger partial charge on any atom is 0.251 e. The number of ether oxygens (including phenoxy) is 1. The molecule has 1 heterocycles. The Morgan fingerprint density at radius 3 is 2.83 bits per heavy atom. The Morgan fingerprint density at radius 1 is 1.25 bits per heavy atom. The van der Waals surface area contributed by atoms with Crippen molar-refractivity contribution in [3.8, 4) is 0 Å². The molecular formula is C19H21FN2O2. The summed E-state index contributed by atoms with van der Waals surface area (Å²) in [6, 6.07) is 14.0. The second kappa shape index (κ2) is 7.45. The van der Waals surface area contributed by atoms with Crippen molar-refractivity contribution in [1.82, 2.24) is 5.32 Å². The van der Waals surface area contributed by atoms with E-state index in [1.165, 1.54) is 6.07 Å². The molecule has 1 aliphatic heterocycles. The number of halogens is 1. The van der Waals surface area contributed by atoms with E-state index in [2.05, 4.69) is 10.6 Å². The van der Waals surface area contributed by atoms with E-state index in [4.69, 9.17) is 4.74 Å². The quantitative estimate of drug-likeness (QED) is 0.885. The second-order valence-electron chi connectivity index (χ2n) is 5.97. The Labute approximate surface area is 141 Å². The molecule has 1 amide bonds. The van der Waals surface area contributed by atoms with Gasteiger partial charge in [-0.05, 0) is 37.6 Å². The van der Waals surface area contributed by atoms with E-state index in [0.717, 1.165) is 18.7 Å². The number of nitrogens with one attached hydrogen (secondary N) is 2. The Morgan fingerprint density at radius 2 is 2.08 bits per heavy atom. The van der Waals surface area contributed by atoms with E-state index >= 15 is 0 Å². The van der Waals surface area contributed by atoms with Crippen LogP contribution in [0.25, 0.3) is 0 Å². The van der Waals surface area contributed by atoms with Gasteiger partial charge in [0.2, 0.25) is 0 Å². The molecule has 5 heteroatoms. The third-order valence-corrected chi connectivity index (χ3v) is 4.25. The van der Waals surface area contributed by atoms with Crippen molar-refractivity contribution in [2.75, 3.05) is 11.9 Å². The van der Waals surface area contributed by atoms with Crippen molar-refractivity contribution >= 4 is 11.6 Å². The minimum atomic E-state index is -0.316. The predicted molar refractivity (Wildman–Crippen MR) is 91.5 cm³/mol. The van der Waals surface area contributed by atoms with E-state index in [9.17, 15) is 9.18 Å². The summed E-state index contributed by atoms with van der Waals surface area (Å²) in [5.74, 6) is -0.541. The molecule has 0 bridgehead atoms. The molecule has 0 saturated carbocycles. The monoisotopic (exact) mass is 328 g/mol. The first-order valence-corrected chi connectivity index (χ1v) is 8.13. The van der Waals surface area contributed by atoms with Crippen LogP contribution in [-0.4, -0.2) is 24.7 Å². The SMILES string of the molecule is C[C@H]1OCC[C@H]1Nc1cccc(C(=O)NCc2ccccc2F)c1. The lowest BCUT2D eigenvalue weighted by molar-refractivity contribution is 0.0950. The standard InChI is InChI=1S/C19H21FN2O2/c1-13-18(9-10-24-13)22-16-7-4-6-14(11-16)19(23)21-12-15-5-2-3-8-17(15)20/h2-8,11,13,18,22H,9-10,12H2,1H3,(H,21,23)/t13-,18-/m1/s1. The first-order chi connectivity index (χ1) is 11.6. The summed E-state index contributed by atoms with van der Waals surface area (Å²) < 4.78 is 19.1. The number of hydrogen-bond donors (Lipinski definition) is 2. The molecule has 1 saturated heterocycles. The summed E-state index contributed by atoms with van der Waals surface area (Å²) in [4.78, 5) is 12.3. The molecule has 1 fully saturated rings. The van der Waals surface area contributed by atoms with Gasteiger partial charge in [0.15, 0.2) is 0 Å². The van der Waals surface area contributed by atoms with Crippen molar-refractivity contribution < 1.29 is 13.9 Å². The highest BCUT2D eigenvalue weighted by atomic mass is 19.1. The third-order valence-electron chi connectivity index (χ3n) is 4.25. The lowest BCUT2D eigenvalue weighted by Crippen LogP contribution is -2.27. The average Bonchev–Trinajstić information content (AvgIpc) is 2.99. The summed E-state index contributed by atoms with van der Waals surface area (Å²) in [7, 11) is 0. The van der Waals surface area contributed by atoms with E-state index in [1.54, 1.807) is 24.3 Å². The summed E-state index contributed by atoms with van der Waals surface area (Å²) in [5, 5.41) is 6.16. The van der Waals surface area contributed by atoms with Gasteiger partial charge in [-0.2, -0.15) is 0 Å². The lowest BCUT2D eigenvalue weighted by Gasteiger charge is -2.17. The number of carbonyl (C=O) groups excluding carboxylic acids is 1. The van der Waals surface area contributed by atoms with E-state index in [-0.39, 0.29) is 30.4 Å². The van der Waals surface area contributed by atoms with Crippen LogP contribution in [0.2, 0.25) is 0 Å². The van der Waals surface area contributed by atoms with E-state index < -0.39 is 0 Å². The molecule has 0 aliphatic carbocycles. The van der Waals surface area contributed by atoms with Crippen molar-refractivity contribution in [2.24, 2.45) is 0 Å². The Bertz CT molecular complexity index is 720. The summed E-state index contributed by atoms with van der Waals surface area (Å²) in [5.41, 5.74) is 1.90. The van der Waals surface area contributed by atoms with Gasteiger partial charge >= 0.3 is 0 Å². The summed E-state index contributed by atoms with van der Waals surface area (Å²) >= 11 is 0. The number of hydrogen-bond acceptors (Lipinski definition) is 3. The van der Waals surface area contributed by atoms with Crippen LogP contribution in [0.4, 0.5) is 10.1 Å². The molecule has 2 N–H and O–H groups in total. The van der Waals surface area contributed by atoms with Crippen LogP contribution >= 0.6 is 0 Å². The van der Waals surface area contributed by atoms with E-state index in [0.29, 0.717) is 11.1 Å². The zero-order valence-electron chi connectivity index (χ0n) is 13.6. The Kier molecular flexibility index (Phi) is 5.11. The third kappa shape index (κ3) is 3.92. The van der Waals surface area contributed by atoms with Gasteiger partial charge in [0, 0.05) is 30.0 Å². The number of carbonyl (C=O) groups is 1. The molecule has 2 aromatic rings. The van der Waals surface area contributed by atoms with Gasteiger partial charge in [-0.3, -0.25) is 4.79 Å². The minimum Gasteiger partial charge on any atom is -0.380 e. The van der Waals surface area contributed by atoms with Crippen molar-refractivity contribution in [2.45, 2.75) is 32.0 Å². The highest BCUT2D eigenvalue weighted by Gasteiger charge is 2.23. The number of rotatable bonds is 5. The van der Waals surface area contributed by atoms with Crippen LogP contribution in [0.1, 0.15) is 29.3 Å². The molecule has 0 aromatic heterocycles. The molecule has 126 valence electrons. The molecule has 24 heavy (non-hydrogen) atoms. The molecule has 0 radical (unpaired) electrons. The van der Waals surface area contributed by atoms with Crippen LogP contribution < -0.4 is 10.6 Å². The Balaban J connectivity index is 1.62. The predicted octanol–water partition coefficient (Wildman–Crippen LogP) is 3.35. The van der Waals surface area contributed by atoms with Crippen LogP contribution in [-0.2, 0) is 11.3 Å². The van der Waals surface area contributed by atoms with Crippen LogP contribution in [0.15, 0.2) is 48.5 Å². The molecule has 3 rings (SSSR count). The van der Waals surface area contributed by atoms with Gasteiger partial charge < -0.3 is 15.4 Å². The highest BCUT2D eigenvalue weighted by Crippen LogP contribution is 2.19. The van der Waals surface area contributed by atoms with Crippen molar-refractivity contribution in [3.05, 3.63) is 65.5 Å². The van der Waals surface area contributed by atoms with Gasteiger partial charge in [0.05, 0.1) is 12.1 Å². The lowest BCUT2D eigenvalue weighted by atomic mass is 10.1. The molecule has 0 unspecified atom stereocenters. The van der Waals surface area contributed by atoms with Gasteiger partial charge in [-0.15, -0.1) is 0 Å². The van der Waals surface area contributed by atoms with Gasteiger partial charge in [-0.1, -0.05) is 24.3 Å². The second-order valence-corrected chi connectivity index (χ2v) is 5.97. The van der Waals surface area contributed by atoms with Crippen LogP contribution in [0.5, 0.6) is 0 Å². The van der Waals surface area contributed by atoms with Crippen LogP contribution in [0.3, 0.4) is 0 Å². The van der Waals surface area contributed by atoms with Crippen molar-refractivity contribution in [3.63, 3.8) is 0 Å². The summed E-state index contributed by atoms with van der Waals surface area (Å²) in [6.07, 6.45) is 1.11. The van der Waals surface area contributed by atoms with Gasteiger partial charge in [-0.25, -0.2) is 4.39 Å². The Hall–Kier alpha value is -2.40. The molecular weight excluding hydrogens is 307 g/mol. The normalized spacial score (nSPS) is 19.9. The minimum absolute atomic E-state index is 0.156. The zero-order chi connectivity index (χ0) is 16.9. The molecule has 0 spiro atoms. The maximum atomic E-state index is 13.6.